The Balaban J connectivity index is 1.99. The van der Waals surface area contributed by atoms with Crippen molar-refractivity contribution in [3.63, 3.8) is 0 Å². The highest BCUT2D eigenvalue weighted by Gasteiger charge is 2.06. The van der Waals surface area contributed by atoms with Gasteiger partial charge in [0.25, 0.3) is 0 Å². The van der Waals surface area contributed by atoms with Crippen LogP contribution in [0.3, 0.4) is 0 Å². The first kappa shape index (κ1) is 11.9. The lowest BCUT2D eigenvalue weighted by Gasteiger charge is -2.07. The van der Waals surface area contributed by atoms with Crippen LogP contribution in [0.4, 0.5) is 0 Å². The monoisotopic (exact) mass is 252 g/mol. The number of benzene rings is 1. The van der Waals surface area contributed by atoms with Gasteiger partial charge in [0.2, 0.25) is 0 Å². The van der Waals surface area contributed by atoms with E-state index in [1.165, 1.54) is 9.04 Å². The number of nitrogens with one attached hydrogen (secondary N) is 1. The Morgan fingerprint density at radius 1 is 1.44 bits per heavy atom. The average molecular weight is 252 g/mol. The lowest BCUT2D eigenvalue weighted by atomic mass is 10.2. The maximum atomic E-state index is 4.61. The second-order valence-corrected chi connectivity index (χ2v) is 6.22. The van der Waals surface area contributed by atoms with E-state index in [2.05, 4.69) is 35.4 Å². The van der Waals surface area contributed by atoms with Crippen molar-refractivity contribution in [2.75, 3.05) is 19.3 Å². The third kappa shape index (κ3) is 2.97. The minimum atomic E-state index is 0.682. The predicted octanol–water partition coefficient (Wildman–Crippen LogP) is 3.24. The zero-order valence-electron chi connectivity index (χ0n) is 9.56. The van der Waals surface area contributed by atoms with Gasteiger partial charge in [0.1, 0.15) is 0 Å². The minimum absolute atomic E-state index is 0.682. The van der Waals surface area contributed by atoms with Crippen LogP contribution in [0.15, 0.2) is 28.6 Å². The first-order valence-electron chi connectivity index (χ1n) is 5.42. The van der Waals surface area contributed by atoms with E-state index in [0.29, 0.717) is 5.92 Å². The van der Waals surface area contributed by atoms with Gasteiger partial charge in [0.05, 0.1) is 10.2 Å². The van der Waals surface area contributed by atoms with Gasteiger partial charge < -0.3 is 5.32 Å². The Labute approximate surface area is 104 Å². The van der Waals surface area contributed by atoms with Crippen molar-refractivity contribution in [2.24, 2.45) is 5.92 Å². The summed E-state index contributed by atoms with van der Waals surface area (Å²) in [7, 11) is 2.00. The van der Waals surface area contributed by atoms with E-state index in [1.807, 2.05) is 24.9 Å². The van der Waals surface area contributed by atoms with Crippen LogP contribution in [0.25, 0.3) is 10.2 Å². The number of hydrogen-bond donors (Lipinski definition) is 1. The second kappa shape index (κ2) is 5.66. The number of rotatable bonds is 5. The van der Waals surface area contributed by atoms with Gasteiger partial charge in [-0.25, -0.2) is 4.98 Å². The van der Waals surface area contributed by atoms with Gasteiger partial charge in [-0.1, -0.05) is 30.8 Å². The molecule has 0 fully saturated rings. The quantitative estimate of drug-likeness (QED) is 0.827. The molecule has 1 heterocycles. The summed E-state index contributed by atoms with van der Waals surface area (Å²) in [4.78, 5) is 4.61. The predicted molar refractivity (Wildman–Crippen MR) is 73.4 cm³/mol. The summed E-state index contributed by atoms with van der Waals surface area (Å²) in [5.41, 5.74) is 1.12. The maximum absolute atomic E-state index is 4.61. The smallest absolute Gasteiger partial charge is 0.151 e. The maximum Gasteiger partial charge on any atom is 0.151 e. The third-order valence-electron chi connectivity index (χ3n) is 2.32. The Hall–Kier alpha value is -0.580. The van der Waals surface area contributed by atoms with Crippen LogP contribution in [0.5, 0.6) is 0 Å². The molecule has 1 aromatic heterocycles. The molecule has 4 heteroatoms. The lowest BCUT2D eigenvalue weighted by molar-refractivity contribution is 0.603. The molecule has 2 rings (SSSR count). The Morgan fingerprint density at radius 3 is 3.00 bits per heavy atom. The molecule has 0 aliphatic carbocycles. The van der Waals surface area contributed by atoms with Gasteiger partial charge in [0.15, 0.2) is 4.34 Å². The fraction of sp³-hybridized carbons (Fsp3) is 0.417. The van der Waals surface area contributed by atoms with Gasteiger partial charge in [-0.3, -0.25) is 0 Å². The number of hydrogen-bond acceptors (Lipinski definition) is 4. The second-order valence-electron chi connectivity index (χ2n) is 3.92. The first-order valence-corrected chi connectivity index (χ1v) is 7.23. The molecule has 0 amide bonds. The Bertz CT molecular complexity index is 420. The van der Waals surface area contributed by atoms with Crippen molar-refractivity contribution in [3.05, 3.63) is 24.3 Å². The largest absolute Gasteiger partial charge is 0.319 e. The molecule has 0 radical (unpaired) electrons. The van der Waals surface area contributed by atoms with Gasteiger partial charge in [-0.15, -0.1) is 11.3 Å². The molecule has 2 aromatic rings. The van der Waals surface area contributed by atoms with E-state index in [0.717, 1.165) is 17.8 Å². The normalized spacial score (nSPS) is 13.1. The topological polar surface area (TPSA) is 24.9 Å². The van der Waals surface area contributed by atoms with Crippen LogP contribution in [0.2, 0.25) is 0 Å². The van der Waals surface area contributed by atoms with Crippen LogP contribution < -0.4 is 5.32 Å². The molecule has 0 spiro atoms. The molecular formula is C12H16N2S2. The average Bonchev–Trinajstić information content (AvgIpc) is 2.69. The molecule has 0 aliphatic rings. The van der Waals surface area contributed by atoms with Crippen LogP contribution in [-0.4, -0.2) is 24.3 Å². The molecule has 0 bridgehead atoms. The molecule has 0 saturated carbocycles. The molecule has 1 unspecified atom stereocenters. The number of para-hydroxylation sites is 1. The summed E-state index contributed by atoms with van der Waals surface area (Å²) >= 11 is 3.65. The summed E-state index contributed by atoms with van der Waals surface area (Å²) in [5.74, 6) is 1.81. The van der Waals surface area contributed by atoms with Crippen molar-refractivity contribution in [3.8, 4) is 0 Å². The summed E-state index contributed by atoms with van der Waals surface area (Å²) in [6, 6.07) is 8.32. The van der Waals surface area contributed by atoms with Crippen molar-refractivity contribution in [2.45, 2.75) is 11.3 Å². The van der Waals surface area contributed by atoms with Crippen molar-refractivity contribution in [1.29, 1.82) is 0 Å². The van der Waals surface area contributed by atoms with Gasteiger partial charge in [-0.2, -0.15) is 0 Å². The number of fused-ring (bicyclic) bond motifs is 1. The summed E-state index contributed by atoms with van der Waals surface area (Å²) in [5, 5.41) is 3.20. The molecule has 1 atom stereocenters. The lowest BCUT2D eigenvalue weighted by Crippen LogP contribution is -2.17. The van der Waals surface area contributed by atoms with Gasteiger partial charge in [-0.05, 0) is 31.6 Å². The van der Waals surface area contributed by atoms with E-state index in [-0.39, 0.29) is 0 Å². The summed E-state index contributed by atoms with van der Waals surface area (Å²) in [6.07, 6.45) is 0. The van der Waals surface area contributed by atoms with E-state index < -0.39 is 0 Å². The molecule has 0 aliphatic heterocycles. The van der Waals surface area contributed by atoms with Crippen LogP contribution >= 0.6 is 23.1 Å². The van der Waals surface area contributed by atoms with Crippen LogP contribution in [0.1, 0.15) is 6.92 Å². The van der Waals surface area contributed by atoms with Crippen LogP contribution in [0, 0.1) is 5.92 Å². The fourth-order valence-corrected chi connectivity index (χ4v) is 3.65. The number of thiazole rings is 1. The van der Waals surface area contributed by atoms with Crippen molar-refractivity contribution < 1.29 is 0 Å². The molecule has 16 heavy (non-hydrogen) atoms. The first-order chi connectivity index (χ1) is 7.79. The minimum Gasteiger partial charge on any atom is -0.319 e. The molecular weight excluding hydrogens is 236 g/mol. The molecule has 86 valence electrons. The van der Waals surface area contributed by atoms with Crippen molar-refractivity contribution >= 4 is 33.3 Å². The molecule has 0 saturated heterocycles. The van der Waals surface area contributed by atoms with E-state index in [1.54, 1.807) is 11.3 Å². The van der Waals surface area contributed by atoms with Gasteiger partial charge >= 0.3 is 0 Å². The van der Waals surface area contributed by atoms with Gasteiger partial charge in [0, 0.05) is 5.75 Å². The van der Waals surface area contributed by atoms with E-state index >= 15 is 0 Å². The van der Waals surface area contributed by atoms with Crippen molar-refractivity contribution in [1.82, 2.24) is 10.3 Å². The summed E-state index contributed by atoms with van der Waals surface area (Å²) in [6.45, 7) is 3.33. The highest BCUT2D eigenvalue weighted by molar-refractivity contribution is 8.01. The molecule has 2 nitrogen and oxygen atoms in total. The standard InChI is InChI=1S/C12H16N2S2/c1-9(7-13-2)8-15-12-14-10-5-3-4-6-11(10)16-12/h3-6,9,13H,7-8H2,1-2H3. The van der Waals surface area contributed by atoms with E-state index in [4.69, 9.17) is 0 Å². The fourth-order valence-electron chi connectivity index (χ4n) is 1.53. The summed E-state index contributed by atoms with van der Waals surface area (Å²) < 4.78 is 2.47. The highest BCUT2D eigenvalue weighted by Crippen LogP contribution is 2.30. The number of thioether (sulfide) groups is 1. The molecule has 1 aromatic carbocycles. The number of nitrogens with zero attached hydrogens (tertiary/aromatic N) is 1. The molecule has 1 N–H and O–H groups in total. The third-order valence-corrected chi connectivity index (χ3v) is 4.83. The Morgan fingerprint density at radius 2 is 2.25 bits per heavy atom. The highest BCUT2D eigenvalue weighted by atomic mass is 32.2. The van der Waals surface area contributed by atoms with Crippen LogP contribution in [-0.2, 0) is 0 Å². The number of aromatic nitrogens is 1. The zero-order chi connectivity index (χ0) is 11.4. The SMILES string of the molecule is CNCC(C)CSc1nc2ccccc2s1. The zero-order valence-corrected chi connectivity index (χ0v) is 11.2. The Kier molecular flexibility index (Phi) is 4.21. The van der Waals surface area contributed by atoms with E-state index in [9.17, 15) is 0 Å².